The second-order valence-electron chi connectivity index (χ2n) is 17.2. The third kappa shape index (κ3) is 17.5. The summed E-state index contributed by atoms with van der Waals surface area (Å²) in [4.78, 5) is 49.5. The van der Waals surface area contributed by atoms with Crippen LogP contribution >= 0.6 is 34.0 Å². The predicted octanol–water partition coefficient (Wildman–Crippen LogP) is 16.7. The first kappa shape index (κ1) is 54.0. The average Bonchev–Trinajstić information content (AvgIpc) is 4.09. The number of nitro benzene ring substituents is 4. The highest BCUT2D eigenvalue weighted by atomic mass is 32.1. The summed E-state index contributed by atoms with van der Waals surface area (Å²) in [5.41, 5.74) is 6.29. The molecule has 5 rings (SSSR count). The van der Waals surface area contributed by atoms with Crippen molar-refractivity contribution in [1.29, 1.82) is 0 Å². The van der Waals surface area contributed by atoms with Crippen LogP contribution in [0.3, 0.4) is 0 Å². The molecule has 19 heteroatoms. The van der Waals surface area contributed by atoms with E-state index in [0.29, 0.717) is 0 Å². The minimum absolute atomic E-state index is 0.0459. The molecule has 5 aromatic rings. The lowest BCUT2D eigenvalue weighted by Crippen LogP contribution is -1.98. The van der Waals surface area contributed by atoms with Crippen LogP contribution in [-0.4, -0.2) is 32.1 Å². The number of aryl methyl sites for hydroxylation is 2. The van der Waals surface area contributed by atoms with E-state index >= 15 is 0 Å². The van der Waals surface area contributed by atoms with Gasteiger partial charge in [0.25, 0.3) is 11.4 Å². The molecule has 3 aromatic heterocycles. The van der Waals surface area contributed by atoms with Crippen LogP contribution in [0.2, 0.25) is 0 Å². The summed E-state index contributed by atoms with van der Waals surface area (Å²) in [6.45, 7) is 4.47. The molecule has 3 heterocycles. The molecular weight excluding hydrogens is 937 g/mol. The van der Waals surface area contributed by atoms with E-state index in [0.717, 1.165) is 79.9 Å². The Morgan fingerprint density at radius 3 is 1.13 bits per heavy atom. The van der Waals surface area contributed by atoms with Crippen molar-refractivity contribution in [1.82, 2.24) is 0 Å². The highest BCUT2D eigenvalue weighted by molar-refractivity contribution is 7.27. The average molecular weight is 1000 g/mol. The third-order valence-corrected chi connectivity index (χ3v) is 15.5. The maximum absolute atomic E-state index is 11.7. The Morgan fingerprint density at radius 2 is 0.797 bits per heavy atom. The van der Waals surface area contributed by atoms with E-state index in [1.165, 1.54) is 138 Å². The van der Waals surface area contributed by atoms with Gasteiger partial charge in [0, 0.05) is 41.4 Å². The lowest BCUT2D eigenvalue weighted by Gasteiger charge is -2.04. The van der Waals surface area contributed by atoms with Crippen molar-refractivity contribution >= 4 is 80.6 Å². The van der Waals surface area contributed by atoms with Crippen molar-refractivity contribution in [3.05, 3.63) is 122 Å². The lowest BCUT2D eigenvalue weighted by atomic mass is 10.0. The zero-order valence-corrected chi connectivity index (χ0v) is 42.1. The molecule has 0 atom stereocenters. The second kappa shape index (κ2) is 29.2. The number of benzene rings is 2. The number of hydrogen-bond acceptors (Lipinski definition) is 15. The van der Waals surface area contributed by atoms with Crippen molar-refractivity contribution in [3.8, 4) is 19.5 Å². The van der Waals surface area contributed by atoms with Crippen LogP contribution in [0, 0.1) is 40.5 Å². The maximum Gasteiger partial charge on any atom is 0.301 e. The predicted molar refractivity (Wildman–Crippen MR) is 284 cm³/mol. The molecule has 0 bridgehead atoms. The summed E-state index contributed by atoms with van der Waals surface area (Å²) in [6.07, 6.45) is 29.7. The van der Waals surface area contributed by atoms with Gasteiger partial charge in [-0.1, -0.05) is 129 Å². The first-order chi connectivity index (χ1) is 33.5. The van der Waals surface area contributed by atoms with E-state index < -0.39 is 31.1 Å². The fourth-order valence-corrected chi connectivity index (χ4v) is 11.6. The molecule has 0 amide bonds. The highest BCUT2D eigenvalue weighted by Gasteiger charge is 2.22. The SMILES string of the molecule is CCCCCCCCCCCCc1cc(/C=N/Nc2ccc([N+](=O)[O-])cc2[N+](=O)[O-])sc1-c1ccc(-c2sc(/C=N/Nc3ccc([N+](=O)[O-])cc3[N+](=O)[O-])cc2CCCCCCCCCCCC)s1. The Labute approximate surface area is 416 Å². The Hall–Kier alpha value is -5.92. The molecule has 370 valence electrons. The fraction of sp³-hybridized carbons (Fsp3) is 0.480. The summed E-state index contributed by atoms with van der Waals surface area (Å²) >= 11 is 4.90. The quantitative estimate of drug-likeness (QED) is 0.0172. The molecule has 0 fully saturated rings. The largest absolute Gasteiger partial charge is 0.301 e. The van der Waals surface area contributed by atoms with Crippen LogP contribution in [0.4, 0.5) is 34.1 Å². The summed E-state index contributed by atoms with van der Waals surface area (Å²) < 4.78 is 0. The van der Waals surface area contributed by atoms with E-state index in [9.17, 15) is 40.5 Å². The monoisotopic (exact) mass is 1000 g/mol. The topological polar surface area (TPSA) is 221 Å². The molecular formula is C50H64N8O8S3. The molecule has 0 radical (unpaired) electrons. The Kier molecular flexibility index (Phi) is 22.9. The van der Waals surface area contributed by atoms with Gasteiger partial charge >= 0.3 is 11.4 Å². The molecule has 16 nitrogen and oxygen atoms in total. The number of rotatable bonds is 34. The van der Waals surface area contributed by atoms with Gasteiger partial charge in [-0.3, -0.25) is 51.3 Å². The van der Waals surface area contributed by atoms with Crippen molar-refractivity contribution in [3.63, 3.8) is 0 Å². The maximum atomic E-state index is 11.7. The molecule has 69 heavy (non-hydrogen) atoms. The Morgan fingerprint density at radius 1 is 0.449 bits per heavy atom. The molecule has 2 aromatic carbocycles. The van der Waals surface area contributed by atoms with Gasteiger partial charge in [0.15, 0.2) is 0 Å². The first-order valence-corrected chi connectivity index (χ1v) is 26.7. The molecule has 0 aliphatic rings. The molecule has 0 spiro atoms. The molecule has 2 N–H and O–H groups in total. The summed E-state index contributed by atoms with van der Waals surface area (Å²) in [6, 6.07) is 15.4. The van der Waals surface area contributed by atoms with Gasteiger partial charge in [0.05, 0.1) is 44.3 Å². The van der Waals surface area contributed by atoms with Crippen LogP contribution in [0.25, 0.3) is 19.5 Å². The third-order valence-electron chi connectivity index (χ3n) is 11.8. The normalized spacial score (nSPS) is 11.5. The minimum Gasteiger partial charge on any atom is -0.272 e. The van der Waals surface area contributed by atoms with E-state index in [1.807, 2.05) is 0 Å². The van der Waals surface area contributed by atoms with Gasteiger partial charge in [-0.15, -0.1) is 34.0 Å². The van der Waals surface area contributed by atoms with Gasteiger partial charge in [-0.05, 0) is 73.2 Å². The van der Waals surface area contributed by atoms with Crippen molar-refractivity contribution in [2.24, 2.45) is 10.2 Å². The number of nitrogens with zero attached hydrogens (tertiary/aromatic N) is 6. The number of anilines is 2. The van der Waals surface area contributed by atoms with Gasteiger partial charge < -0.3 is 0 Å². The van der Waals surface area contributed by atoms with Crippen molar-refractivity contribution in [2.75, 3.05) is 10.9 Å². The first-order valence-electron chi connectivity index (χ1n) is 24.3. The molecule has 0 aliphatic heterocycles. The van der Waals surface area contributed by atoms with E-state index in [2.05, 4.69) is 59.2 Å². The van der Waals surface area contributed by atoms with Crippen LogP contribution in [-0.2, 0) is 12.8 Å². The molecule has 0 aliphatic carbocycles. The van der Waals surface area contributed by atoms with Crippen LogP contribution in [0.5, 0.6) is 0 Å². The Bertz CT molecular complexity index is 2350. The smallest absolute Gasteiger partial charge is 0.272 e. The zero-order valence-electron chi connectivity index (χ0n) is 39.7. The Balaban J connectivity index is 1.36. The summed E-state index contributed by atoms with van der Waals surface area (Å²) in [5.74, 6) is 0. The lowest BCUT2D eigenvalue weighted by molar-refractivity contribution is -0.393. The number of non-ortho nitro benzene ring substituents is 2. The van der Waals surface area contributed by atoms with Crippen LogP contribution < -0.4 is 10.9 Å². The van der Waals surface area contributed by atoms with Gasteiger partial charge in [-0.2, -0.15) is 10.2 Å². The van der Waals surface area contributed by atoms with Gasteiger partial charge in [-0.25, -0.2) is 0 Å². The second-order valence-corrected chi connectivity index (χ2v) is 20.5. The van der Waals surface area contributed by atoms with Crippen molar-refractivity contribution < 1.29 is 19.7 Å². The fourth-order valence-electron chi connectivity index (χ4n) is 8.09. The van der Waals surface area contributed by atoms with E-state index in [4.69, 9.17) is 0 Å². The molecule has 0 saturated heterocycles. The zero-order chi connectivity index (χ0) is 49.4. The van der Waals surface area contributed by atoms with Gasteiger partial charge in [0.1, 0.15) is 11.4 Å². The number of nitrogens with one attached hydrogen (secondary N) is 2. The minimum atomic E-state index is -0.675. The number of hydrogen-bond donors (Lipinski definition) is 2. The van der Waals surface area contributed by atoms with Crippen LogP contribution in [0.15, 0.2) is 70.9 Å². The number of nitro groups is 4. The van der Waals surface area contributed by atoms with Gasteiger partial charge in [0.2, 0.25) is 0 Å². The number of hydrazone groups is 2. The summed E-state index contributed by atoms with van der Waals surface area (Å²) in [5, 5.41) is 54.7. The van der Waals surface area contributed by atoms with E-state index in [-0.39, 0.29) is 22.7 Å². The number of thiophene rings is 3. The summed E-state index contributed by atoms with van der Waals surface area (Å²) in [7, 11) is 0. The molecule has 0 saturated carbocycles. The van der Waals surface area contributed by atoms with Crippen molar-refractivity contribution in [2.45, 2.75) is 155 Å². The highest BCUT2D eigenvalue weighted by Crippen LogP contribution is 2.44. The van der Waals surface area contributed by atoms with E-state index in [1.54, 1.807) is 46.4 Å². The van der Waals surface area contributed by atoms with Crippen LogP contribution in [0.1, 0.15) is 163 Å². The number of unbranched alkanes of at least 4 members (excludes halogenated alkanes) is 18. The molecule has 0 unspecified atom stereocenters. The standard InChI is InChI=1S/C50H64N8O8S3/c1-3-5-7-9-11-13-15-17-19-21-23-37-31-41(35-51-53-43-27-25-39(55(59)60)33-45(43)57(63)64)67-49(37)47-29-30-48(69-47)50-38(24-22-20-18-16-14-12-10-8-6-4-2)32-42(68-50)36-52-54-44-28-26-40(56(61)62)34-46(44)58(65)66/h25-36,53-54H,3-24H2,1-2H3/b51-35+,52-36+.